The van der Waals surface area contributed by atoms with Gasteiger partial charge in [0.2, 0.25) is 5.91 Å². The summed E-state index contributed by atoms with van der Waals surface area (Å²) in [5.74, 6) is 1.36. The Hall–Kier alpha value is -3.78. The zero-order chi connectivity index (χ0) is 20.6. The van der Waals surface area contributed by atoms with Gasteiger partial charge in [0.05, 0.1) is 11.6 Å². The van der Waals surface area contributed by atoms with Gasteiger partial charge in [0.1, 0.15) is 17.5 Å². The van der Waals surface area contributed by atoms with Crippen molar-refractivity contribution in [2.24, 2.45) is 0 Å². The Balaban J connectivity index is 1.55. The number of carbonyl (C=O) groups excluding carboxylic acids is 1. The molecule has 1 atom stereocenters. The van der Waals surface area contributed by atoms with E-state index < -0.39 is 0 Å². The standard InChI is InChI=1S/C24H23N3O2/c1-18(24(28)27(2)17-20-6-4-3-5-7-20)26-21-10-14-23(15-11-21)29-22-12-8-19(16-25)9-13-22/h3-15,18,26H,17H2,1-2H3. The molecule has 0 radical (unpaired) electrons. The van der Waals surface area contributed by atoms with Gasteiger partial charge in [-0.2, -0.15) is 5.26 Å². The number of nitrogens with zero attached hydrogens (tertiary/aromatic N) is 2. The molecule has 1 N–H and O–H groups in total. The van der Waals surface area contributed by atoms with Gasteiger partial charge in [-0.25, -0.2) is 0 Å². The lowest BCUT2D eigenvalue weighted by Crippen LogP contribution is -2.38. The lowest BCUT2D eigenvalue weighted by molar-refractivity contribution is -0.130. The Bertz CT molecular complexity index is 977. The molecule has 3 rings (SSSR count). The first-order valence-corrected chi connectivity index (χ1v) is 9.38. The van der Waals surface area contributed by atoms with Gasteiger partial charge in [-0.3, -0.25) is 4.79 Å². The summed E-state index contributed by atoms with van der Waals surface area (Å²) < 4.78 is 5.78. The van der Waals surface area contributed by atoms with E-state index in [1.165, 1.54) is 0 Å². The Kier molecular flexibility index (Phi) is 6.49. The zero-order valence-corrected chi connectivity index (χ0v) is 16.5. The largest absolute Gasteiger partial charge is 0.457 e. The maximum atomic E-state index is 12.6. The number of hydrogen-bond acceptors (Lipinski definition) is 4. The summed E-state index contributed by atoms with van der Waals surface area (Å²) in [4.78, 5) is 14.3. The van der Waals surface area contributed by atoms with Gasteiger partial charge in [-0.15, -0.1) is 0 Å². The summed E-state index contributed by atoms with van der Waals surface area (Å²) in [6, 6.07) is 26.0. The number of ether oxygens (including phenoxy) is 1. The molecule has 0 aliphatic carbocycles. The van der Waals surface area contributed by atoms with Crippen molar-refractivity contribution in [1.29, 1.82) is 5.26 Å². The van der Waals surface area contributed by atoms with Gasteiger partial charge in [-0.05, 0) is 61.0 Å². The van der Waals surface area contributed by atoms with Gasteiger partial charge in [-0.1, -0.05) is 30.3 Å². The van der Waals surface area contributed by atoms with Crippen LogP contribution in [0.1, 0.15) is 18.1 Å². The first-order chi connectivity index (χ1) is 14.0. The highest BCUT2D eigenvalue weighted by molar-refractivity contribution is 5.84. The van der Waals surface area contributed by atoms with Crippen LogP contribution in [0, 0.1) is 11.3 Å². The highest BCUT2D eigenvalue weighted by Gasteiger charge is 2.17. The Morgan fingerprint density at radius 2 is 1.59 bits per heavy atom. The monoisotopic (exact) mass is 385 g/mol. The SMILES string of the molecule is CC(Nc1ccc(Oc2ccc(C#N)cc2)cc1)C(=O)N(C)Cc1ccccc1. The topological polar surface area (TPSA) is 65.4 Å². The summed E-state index contributed by atoms with van der Waals surface area (Å²) >= 11 is 0. The maximum absolute atomic E-state index is 12.6. The van der Waals surface area contributed by atoms with E-state index in [1.54, 1.807) is 29.2 Å². The summed E-state index contributed by atoms with van der Waals surface area (Å²) in [5, 5.41) is 12.1. The van der Waals surface area contributed by atoms with E-state index in [2.05, 4.69) is 11.4 Å². The van der Waals surface area contributed by atoms with Crippen LogP contribution in [0.5, 0.6) is 11.5 Å². The normalized spacial score (nSPS) is 11.2. The van der Waals surface area contributed by atoms with Gasteiger partial charge < -0.3 is 15.0 Å². The minimum Gasteiger partial charge on any atom is -0.457 e. The molecule has 0 aliphatic heterocycles. The first-order valence-electron chi connectivity index (χ1n) is 9.38. The molecule has 0 saturated heterocycles. The molecule has 5 heteroatoms. The van der Waals surface area contributed by atoms with E-state index in [4.69, 9.17) is 10.00 Å². The second kappa shape index (κ2) is 9.43. The Labute approximate surface area is 171 Å². The molecular formula is C24H23N3O2. The summed E-state index contributed by atoms with van der Waals surface area (Å²) in [7, 11) is 1.81. The third kappa shape index (κ3) is 5.60. The number of benzene rings is 3. The van der Waals surface area contributed by atoms with Crippen molar-refractivity contribution in [1.82, 2.24) is 4.90 Å². The fraction of sp³-hybridized carbons (Fsp3) is 0.167. The third-order valence-electron chi connectivity index (χ3n) is 4.47. The molecule has 3 aromatic rings. The molecular weight excluding hydrogens is 362 g/mol. The van der Waals surface area contributed by atoms with E-state index in [9.17, 15) is 4.79 Å². The van der Waals surface area contributed by atoms with E-state index in [1.807, 2.05) is 68.6 Å². The summed E-state index contributed by atoms with van der Waals surface area (Å²) in [6.07, 6.45) is 0. The molecule has 29 heavy (non-hydrogen) atoms. The first kappa shape index (κ1) is 20.0. The molecule has 0 spiro atoms. The number of hydrogen-bond donors (Lipinski definition) is 1. The molecule has 0 aliphatic rings. The number of anilines is 1. The third-order valence-corrected chi connectivity index (χ3v) is 4.47. The smallest absolute Gasteiger partial charge is 0.244 e. The van der Waals surface area contributed by atoms with Crippen LogP contribution in [0.15, 0.2) is 78.9 Å². The highest BCUT2D eigenvalue weighted by atomic mass is 16.5. The molecule has 0 fully saturated rings. The van der Waals surface area contributed by atoms with Crippen molar-refractivity contribution >= 4 is 11.6 Å². The van der Waals surface area contributed by atoms with Crippen LogP contribution in [0.2, 0.25) is 0 Å². The molecule has 1 unspecified atom stereocenters. The number of nitriles is 1. The van der Waals surface area contributed by atoms with Gasteiger partial charge in [0, 0.05) is 19.3 Å². The quantitative estimate of drug-likeness (QED) is 0.634. The number of nitrogens with one attached hydrogen (secondary N) is 1. The van der Waals surface area contributed by atoms with E-state index in [-0.39, 0.29) is 11.9 Å². The molecule has 1 amide bonds. The minimum absolute atomic E-state index is 0.0202. The number of likely N-dealkylation sites (N-methyl/N-ethyl adjacent to an activating group) is 1. The van der Waals surface area contributed by atoms with E-state index in [0.29, 0.717) is 23.6 Å². The molecule has 146 valence electrons. The van der Waals surface area contributed by atoms with Crippen LogP contribution < -0.4 is 10.1 Å². The van der Waals surface area contributed by atoms with Crippen molar-refractivity contribution in [2.45, 2.75) is 19.5 Å². The lowest BCUT2D eigenvalue weighted by atomic mass is 10.2. The van der Waals surface area contributed by atoms with Gasteiger partial charge >= 0.3 is 0 Å². The molecule has 5 nitrogen and oxygen atoms in total. The second-order valence-electron chi connectivity index (χ2n) is 6.81. The molecule has 3 aromatic carbocycles. The minimum atomic E-state index is -0.353. The Morgan fingerprint density at radius 3 is 2.17 bits per heavy atom. The molecule has 0 aromatic heterocycles. The van der Waals surface area contributed by atoms with Crippen LogP contribution >= 0.6 is 0 Å². The zero-order valence-electron chi connectivity index (χ0n) is 16.5. The van der Waals surface area contributed by atoms with Crippen LogP contribution in [0.3, 0.4) is 0 Å². The molecule has 0 saturated carbocycles. The van der Waals surface area contributed by atoms with E-state index in [0.717, 1.165) is 11.3 Å². The number of rotatable bonds is 7. The predicted octanol–water partition coefficient (Wildman–Crippen LogP) is 4.81. The van der Waals surface area contributed by atoms with Crippen molar-refractivity contribution in [3.63, 3.8) is 0 Å². The van der Waals surface area contributed by atoms with Crippen LogP contribution in [-0.2, 0) is 11.3 Å². The van der Waals surface area contributed by atoms with Crippen molar-refractivity contribution in [2.75, 3.05) is 12.4 Å². The molecule has 0 bridgehead atoms. The van der Waals surface area contributed by atoms with Crippen LogP contribution in [0.4, 0.5) is 5.69 Å². The van der Waals surface area contributed by atoms with Crippen LogP contribution in [-0.4, -0.2) is 23.9 Å². The predicted molar refractivity (Wildman–Crippen MR) is 114 cm³/mol. The van der Waals surface area contributed by atoms with E-state index >= 15 is 0 Å². The molecule has 0 heterocycles. The van der Waals surface area contributed by atoms with Gasteiger partial charge in [0.15, 0.2) is 0 Å². The second-order valence-corrected chi connectivity index (χ2v) is 6.81. The van der Waals surface area contributed by atoms with Crippen molar-refractivity contribution in [3.05, 3.63) is 90.0 Å². The summed E-state index contributed by atoms with van der Waals surface area (Å²) in [5.41, 5.74) is 2.53. The van der Waals surface area contributed by atoms with Crippen LogP contribution in [0.25, 0.3) is 0 Å². The fourth-order valence-electron chi connectivity index (χ4n) is 2.93. The Morgan fingerprint density at radius 1 is 1.00 bits per heavy atom. The van der Waals surface area contributed by atoms with Crippen molar-refractivity contribution in [3.8, 4) is 17.6 Å². The fourth-order valence-corrected chi connectivity index (χ4v) is 2.93. The van der Waals surface area contributed by atoms with Gasteiger partial charge in [0.25, 0.3) is 0 Å². The summed E-state index contributed by atoms with van der Waals surface area (Å²) in [6.45, 7) is 2.42. The average molecular weight is 385 g/mol. The lowest BCUT2D eigenvalue weighted by Gasteiger charge is -2.23. The highest BCUT2D eigenvalue weighted by Crippen LogP contribution is 2.23. The average Bonchev–Trinajstić information content (AvgIpc) is 2.75. The number of amides is 1. The van der Waals surface area contributed by atoms with Crippen molar-refractivity contribution < 1.29 is 9.53 Å². The maximum Gasteiger partial charge on any atom is 0.244 e. The number of carbonyl (C=O) groups is 1.